The molecule has 0 bridgehead atoms. The zero-order valence-electron chi connectivity index (χ0n) is 16.7. The van der Waals surface area contributed by atoms with E-state index in [-0.39, 0.29) is 6.54 Å². The van der Waals surface area contributed by atoms with Gasteiger partial charge < -0.3 is 14.8 Å². The Morgan fingerprint density at radius 1 is 1.04 bits per heavy atom. The number of halogens is 1. The normalized spacial score (nSPS) is 12.1. The summed E-state index contributed by atoms with van der Waals surface area (Å²) in [4.78, 5) is 24.4. The first-order valence-electron chi connectivity index (χ1n) is 8.86. The summed E-state index contributed by atoms with van der Waals surface area (Å²) in [6.45, 7) is 10.9. The molecule has 0 unspecified atom stereocenters. The molecule has 2 rings (SSSR count). The van der Waals surface area contributed by atoms with Crippen LogP contribution in [0.5, 0.6) is 0 Å². The Bertz CT molecular complexity index is 844. The van der Waals surface area contributed by atoms with Crippen LogP contribution in [-0.2, 0) is 15.9 Å². The topological polar surface area (TPSA) is 69.6 Å². The second kappa shape index (κ2) is 7.58. The summed E-state index contributed by atoms with van der Waals surface area (Å²) in [5.41, 5.74) is -0.238. The largest absolute Gasteiger partial charge is 0.444 e. The van der Waals surface area contributed by atoms with Gasteiger partial charge in [0.25, 0.3) is 0 Å². The predicted molar refractivity (Wildman–Crippen MR) is 101 cm³/mol. The molecular formula is C20H27FN2O4. The van der Waals surface area contributed by atoms with Crippen molar-refractivity contribution in [3.63, 3.8) is 0 Å². The van der Waals surface area contributed by atoms with Gasteiger partial charge in [-0.2, -0.15) is 0 Å². The summed E-state index contributed by atoms with van der Waals surface area (Å²) in [6.07, 6.45) is -0.766. The number of amides is 1. The first kappa shape index (κ1) is 20.7. The first-order valence-corrected chi connectivity index (χ1v) is 8.86. The highest BCUT2D eigenvalue weighted by molar-refractivity contribution is 5.91. The molecule has 0 aliphatic rings. The van der Waals surface area contributed by atoms with Gasteiger partial charge in [0.05, 0.1) is 5.52 Å². The SMILES string of the molecule is CC(C)(C)OC(=O)NCCc1cc2ccc(F)cc2n1C(=O)OC(C)(C)C. The molecule has 6 nitrogen and oxygen atoms in total. The minimum Gasteiger partial charge on any atom is -0.444 e. The Kier molecular flexibility index (Phi) is 5.82. The van der Waals surface area contributed by atoms with Gasteiger partial charge in [-0.25, -0.2) is 18.5 Å². The van der Waals surface area contributed by atoms with Crippen molar-refractivity contribution in [1.82, 2.24) is 9.88 Å². The number of benzene rings is 1. The smallest absolute Gasteiger partial charge is 0.419 e. The molecule has 2 aromatic rings. The quantitative estimate of drug-likeness (QED) is 0.845. The number of carbonyl (C=O) groups is 2. The van der Waals surface area contributed by atoms with Crippen molar-refractivity contribution in [1.29, 1.82) is 0 Å². The minimum atomic E-state index is -0.687. The molecule has 0 saturated carbocycles. The molecule has 0 atom stereocenters. The molecule has 1 heterocycles. The Balaban J connectivity index is 2.23. The van der Waals surface area contributed by atoms with Gasteiger partial charge in [0, 0.05) is 24.0 Å². The molecule has 1 amide bonds. The standard InChI is InChI=1S/C20H27FN2O4/c1-19(2,3)26-17(24)22-10-9-15-11-13-7-8-14(21)12-16(13)23(15)18(25)27-20(4,5)6/h7-8,11-12H,9-10H2,1-6H3,(H,22,24). The molecule has 0 radical (unpaired) electrons. The highest BCUT2D eigenvalue weighted by Gasteiger charge is 2.22. The molecule has 0 aliphatic carbocycles. The van der Waals surface area contributed by atoms with Crippen LogP contribution in [0.2, 0.25) is 0 Å². The van der Waals surface area contributed by atoms with E-state index in [1.807, 2.05) is 0 Å². The van der Waals surface area contributed by atoms with Crippen molar-refractivity contribution in [2.45, 2.75) is 59.2 Å². The van der Waals surface area contributed by atoms with Gasteiger partial charge in [0.1, 0.15) is 17.0 Å². The Hall–Kier alpha value is -2.57. The molecule has 27 heavy (non-hydrogen) atoms. The number of carbonyl (C=O) groups excluding carboxylic acids is 2. The van der Waals surface area contributed by atoms with Crippen LogP contribution < -0.4 is 5.32 Å². The van der Waals surface area contributed by atoms with Crippen LogP contribution in [0.4, 0.5) is 14.0 Å². The van der Waals surface area contributed by atoms with Gasteiger partial charge >= 0.3 is 12.2 Å². The fourth-order valence-corrected chi connectivity index (χ4v) is 2.55. The van der Waals surface area contributed by atoms with E-state index in [4.69, 9.17) is 9.47 Å². The number of alkyl carbamates (subject to hydrolysis) is 1. The fraction of sp³-hybridized carbons (Fsp3) is 0.500. The zero-order chi connectivity index (χ0) is 20.4. The third-order valence-electron chi connectivity index (χ3n) is 3.47. The van der Waals surface area contributed by atoms with E-state index in [0.29, 0.717) is 17.6 Å². The van der Waals surface area contributed by atoms with E-state index >= 15 is 0 Å². The number of ether oxygens (including phenoxy) is 2. The second-order valence-electron chi connectivity index (χ2n) is 8.33. The van der Waals surface area contributed by atoms with Gasteiger partial charge in [0.2, 0.25) is 0 Å². The number of rotatable bonds is 3. The molecule has 0 saturated heterocycles. The van der Waals surface area contributed by atoms with Crippen molar-refractivity contribution in [3.8, 4) is 0 Å². The van der Waals surface area contributed by atoms with Crippen LogP contribution >= 0.6 is 0 Å². The lowest BCUT2D eigenvalue weighted by Crippen LogP contribution is -2.34. The molecule has 1 aromatic carbocycles. The highest BCUT2D eigenvalue weighted by Crippen LogP contribution is 2.23. The summed E-state index contributed by atoms with van der Waals surface area (Å²) in [7, 11) is 0. The monoisotopic (exact) mass is 378 g/mol. The predicted octanol–water partition coefficient (Wildman–Crippen LogP) is 4.63. The maximum Gasteiger partial charge on any atom is 0.419 e. The average Bonchev–Trinajstić information content (AvgIpc) is 2.80. The maximum absolute atomic E-state index is 13.7. The summed E-state index contributed by atoms with van der Waals surface area (Å²) in [5, 5.41) is 3.37. The lowest BCUT2D eigenvalue weighted by atomic mass is 10.2. The number of hydrogen-bond acceptors (Lipinski definition) is 4. The van der Waals surface area contributed by atoms with Gasteiger partial charge in [-0.1, -0.05) is 0 Å². The summed E-state index contributed by atoms with van der Waals surface area (Å²) in [6, 6.07) is 6.03. The van der Waals surface area contributed by atoms with Crippen LogP contribution in [0.25, 0.3) is 10.9 Å². The van der Waals surface area contributed by atoms with Crippen molar-refractivity contribution in [3.05, 3.63) is 35.8 Å². The lowest BCUT2D eigenvalue weighted by molar-refractivity contribution is 0.0528. The number of nitrogens with zero attached hydrogens (tertiary/aromatic N) is 1. The van der Waals surface area contributed by atoms with Gasteiger partial charge in [-0.15, -0.1) is 0 Å². The van der Waals surface area contributed by atoms with Crippen molar-refractivity contribution in [2.75, 3.05) is 6.54 Å². The number of hydrogen-bond donors (Lipinski definition) is 1. The first-order chi connectivity index (χ1) is 12.4. The second-order valence-corrected chi connectivity index (χ2v) is 8.33. The number of fused-ring (bicyclic) bond motifs is 1. The highest BCUT2D eigenvalue weighted by atomic mass is 19.1. The average molecular weight is 378 g/mol. The van der Waals surface area contributed by atoms with E-state index in [2.05, 4.69) is 5.32 Å². The third kappa shape index (κ3) is 5.98. The number of aromatic nitrogens is 1. The van der Waals surface area contributed by atoms with Crippen LogP contribution in [-0.4, -0.2) is 34.5 Å². The van der Waals surface area contributed by atoms with E-state index in [1.165, 1.54) is 16.7 Å². The van der Waals surface area contributed by atoms with Gasteiger partial charge in [-0.05, 0) is 65.8 Å². The molecular weight excluding hydrogens is 351 g/mol. The summed E-state index contributed by atoms with van der Waals surface area (Å²) in [5.74, 6) is -0.441. The Morgan fingerprint density at radius 3 is 2.26 bits per heavy atom. The van der Waals surface area contributed by atoms with E-state index < -0.39 is 29.2 Å². The van der Waals surface area contributed by atoms with Crippen molar-refractivity contribution >= 4 is 23.1 Å². The zero-order valence-corrected chi connectivity index (χ0v) is 16.7. The minimum absolute atomic E-state index is 0.260. The van der Waals surface area contributed by atoms with Gasteiger partial charge in [-0.3, -0.25) is 0 Å². The van der Waals surface area contributed by atoms with E-state index in [1.54, 1.807) is 53.7 Å². The molecule has 1 aromatic heterocycles. The molecule has 1 N–H and O–H groups in total. The molecule has 0 spiro atoms. The Morgan fingerprint density at radius 2 is 1.67 bits per heavy atom. The molecule has 148 valence electrons. The van der Waals surface area contributed by atoms with Crippen LogP contribution in [0.3, 0.4) is 0 Å². The summed E-state index contributed by atoms with van der Waals surface area (Å²) < 4.78 is 25.7. The van der Waals surface area contributed by atoms with Crippen LogP contribution in [0.15, 0.2) is 24.3 Å². The summed E-state index contributed by atoms with van der Waals surface area (Å²) >= 11 is 0. The molecule has 7 heteroatoms. The van der Waals surface area contributed by atoms with Crippen LogP contribution in [0.1, 0.15) is 47.2 Å². The molecule has 0 aliphatic heterocycles. The molecule has 0 fully saturated rings. The lowest BCUT2D eigenvalue weighted by Gasteiger charge is -2.21. The van der Waals surface area contributed by atoms with Crippen LogP contribution in [0, 0.1) is 5.82 Å². The van der Waals surface area contributed by atoms with E-state index in [0.717, 1.165) is 5.39 Å². The third-order valence-corrected chi connectivity index (χ3v) is 3.47. The Labute approximate surface area is 158 Å². The van der Waals surface area contributed by atoms with Crippen molar-refractivity contribution < 1.29 is 23.5 Å². The van der Waals surface area contributed by atoms with E-state index in [9.17, 15) is 14.0 Å². The fourth-order valence-electron chi connectivity index (χ4n) is 2.55. The maximum atomic E-state index is 13.7. The van der Waals surface area contributed by atoms with Gasteiger partial charge in [0.15, 0.2) is 0 Å². The van der Waals surface area contributed by atoms with Crippen molar-refractivity contribution in [2.24, 2.45) is 0 Å². The number of nitrogens with one attached hydrogen (secondary N) is 1.